The van der Waals surface area contributed by atoms with E-state index in [0.717, 1.165) is 57.1 Å². The standard InChI is InChI=1S/C25H36N4O2/c1-4-26-25(28-20-22-12-14-23(15-13-22)24(30)29(2)3)27-17-8-9-18-31-19-16-21-10-6-5-7-11-21/h5-7,10-15H,4,8-9,16-20H2,1-3H3,(H2,26,27,28). The van der Waals surface area contributed by atoms with E-state index >= 15 is 0 Å². The molecule has 0 aliphatic heterocycles. The molecule has 2 aromatic rings. The summed E-state index contributed by atoms with van der Waals surface area (Å²) in [5.74, 6) is 0.815. The molecule has 2 rings (SSSR count). The van der Waals surface area contributed by atoms with Crippen LogP contribution < -0.4 is 10.6 Å². The lowest BCUT2D eigenvalue weighted by Crippen LogP contribution is -2.37. The first-order chi connectivity index (χ1) is 15.1. The lowest BCUT2D eigenvalue weighted by molar-refractivity contribution is 0.0827. The molecule has 0 radical (unpaired) electrons. The molecular weight excluding hydrogens is 388 g/mol. The van der Waals surface area contributed by atoms with Crippen LogP contribution in [0, 0.1) is 0 Å². The van der Waals surface area contributed by atoms with Gasteiger partial charge in [-0.05, 0) is 49.4 Å². The van der Waals surface area contributed by atoms with Crippen molar-refractivity contribution in [3.63, 3.8) is 0 Å². The van der Waals surface area contributed by atoms with E-state index < -0.39 is 0 Å². The van der Waals surface area contributed by atoms with Crippen molar-refractivity contribution in [1.29, 1.82) is 0 Å². The molecule has 0 atom stereocenters. The van der Waals surface area contributed by atoms with Crippen molar-refractivity contribution in [2.45, 2.75) is 32.7 Å². The number of ether oxygens (including phenoxy) is 1. The Bertz CT molecular complexity index is 789. The summed E-state index contributed by atoms with van der Waals surface area (Å²) >= 11 is 0. The maximum atomic E-state index is 12.0. The Morgan fingerprint density at radius 1 is 0.935 bits per heavy atom. The summed E-state index contributed by atoms with van der Waals surface area (Å²) in [5, 5.41) is 6.65. The van der Waals surface area contributed by atoms with E-state index in [-0.39, 0.29) is 5.91 Å². The third-order valence-corrected chi connectivity index (χ3v) is 4.76. The van der Waals surface area contributed by atoms with Crippen molar-refractivity contribution < 1.29 is 9.53 Å². The van der Waals surface area contributed by atoms with Crippen molar-refractivity contribution in [3.8, 4) is 0 Å². The molecule has 0 saturated carbocycles. The van der Waals surface area contributed by atoms with Gasteiger partial charge in [0, 0.05) is 39.4 Å². The van der Waals surface area contributed by atoms with Crippen LogP contribution in [0.25, 0.3) is 0 Å². The zero-order chi connectivity index (χ0) is 22.3. The van der Waals surface area contributed by atoms with Gasteiger partial charge in [0.2, 0.25) is 0 Å². The minimum atomic E-state index is 0.00843. The highest BCUT2D eigenvalue weighted by Crippen LogP contribution is 2.07. The fourth-order valence-corrected chi connectivity index (χ4v) is 3.00. The normalized spacial score (nSPS) is 11.3. The minimum Gasteiger partial charge on any atom is -0.381 e. The molecule has 0 heterocycles. The second-order valence-electron chi connectivity index (χ2n) is 7.57. The molecule has 0 unspecified atom stereocenters. The summed E-state index contributed by atoms with van der Waals surface area (Å²) < 4.78 is 5.74. The fraction of sp³-hybridized carbons (Fsp3) is 0.440. The number of carbonyl (C=O) groups is 1. The van der Waals surface area contributed by atoms with E-state index in [1.165, 1.54) is 5.56 Å². The van der Waals surface area contributed by atoms with E-state index in [2.05, 4.69) is 46.8 Å². The van der Waals surface area contributed by atoms with Crippen molar-refractivity contribution >= 4 is 11.9 Å². The van der Waals surface area contributed by atoms with Gasteiger partial charge in [-0.15, -0.1) is 0 Å². The molecule has 1 amide bonds. The predicted molar refractivity (Wildman–Crippen MR) is 127 cm³/mol. The fourth-order valence-electron chi connectivity index (χ4n) is 3.00. The Hall–Kier alpha value is -2.86. The smallest absolute Gasteiger partial charge is 0.253 e. The van der Waals surface area contributed by atoms with Gasteiger partial charge in [-0.2, -0.15) is 0 Å². The SMILES string of the molecule is CCNC(=NCc1ccc(C(=O)N(C)C)cc1)NCCCCOCCc1ccccc1. The number of hydrogen-bond acceptors (Lipinski definition) is 3. The van der Waals surface area contributed by atoms with Gasteiger partial charge in [0.15, 0.2) is 5.96 Å². The summed E-state index contributed by atoms with van der Waals surface area (Å²) in [5.41, 5.74) is 3.07. The van der Waals surface area contributed by atoms with E-state index in [4.69, 9.17) is 4.74 Å². The molecule has 0 spiro atoms. The van der Waals surface area contributed by atoms with Crippen LogP contribution in [0.3, 0.4) is 0 Å². The van der Waals surface area contributed by atoms with Crippen LogP contribution in [0.2, 0.25) is 0 Å². The molecule has 0 bridgehead atoms. The topological polar surface area (TPSA) is 66.0 Å². The average molecular weight is 425 g/mol. The minimum absolute atomic E-state index is 0.00843. The molecule has 6 nitrogen and oxygen atoms in total. The van der Waals surface area contributed by atoms with Crippen LogP contribution in [0.4, 0.5) is 0 Å². The Balaban J connectivity index is 1.65. The number of hydrogen-bond donors (Lipinski definition) is 2. The molecule has 0 aliphatic rings. The van der Waals surface area contributed by atoms with Gasteiger partial charge in [-0.25, -0.2) is 4.99 Å². The molecule has 31 heavy (non-hydrogen) atoms. The molecule has 2 aromatic carbocycles. The van der Waals surface area contributed by atoms with Crippen LogP contribution in [0.15, 0.2) is 59.6 Å². The lowest BCUT2D eigenvalue weighted by Gasteiger charge is -2.12. The largest absolute Gasteiger partial charge is 0.381 e. The van der Waals surface area contributed by atoms with Crippen molar-refractivity contribution in [2.24, 2.45) is 4.99 Å². The second kappa shape index (κ2) is 14.2. The number of nitrogens with one attached hydrogen (secondary N) is 2. The van der Waals surface area contributed by atoms with Crippen LogP contribution in [-0.2, 0) is 17.7 Å². The first kappa shape index (κ1) is 24.4. The van der Waals surface area contributed by atoms with Gasteiger partial charge in [-0.1, -0.05) is 42.5 Å². The summed E-state index contributed by atoms with van der Waals surface area (Å²) in [6, 6.07) is 18.0. The van der Waals surface area contributed by atoms with E-state index in [1.807, 2.05) is 30.3 Å². The zero-order valence-electron chi connectivity index (χ0n) is 19.1. The number of amides is 1. The number of unbranched alkanes of at least 4 members (excludes halogenated alkanes) is 1. The quantitative estimate of drug-likeness (QED) is 0.311. The highest BCUT2D eigenvalue weighted by molar-refractivity contribution is 5.93. The molecule has 6 heteroatoms. The lowest BCUT2D eigenvalue weighted by atomic mass is 10.1. The van der Waals surface area contributed by atoms with Crippen LogP contribution in [-0.4, -0.2) is 57.2 Å². The Morgan fingerprint density at radius 3 is 2.35 bits per heavy atom. The van der Waals surface area contributed by atoms with Crippen molar-refractivity contribution in [2.75, 3.05) is 40.4 Å². The second-order valence-corrected chi connectivity index (χ2v) is 7.57. The van der Waals surface area contributed by atoms with E-state index in [9.17, 15) is 4.79 Å². The first-order valence-electron chi connectivity index (χ1n) is 11.0. The Morgan fingerprint density at radius 2 is 1.68 bits per heavy atom. The van der Waals surface area contributed by atoms with Gasteiger partial charge < -0.3 is 20.3 Å². The van der Waals surface area contributed by atoms with Gasteiger partial charge in [0.1, 0.15) is 0 Å². The molecule has 0 fully saturated rings. The molecule has 0 aromatic heterocycles. The number of carbonyl (C=O) groups excluding carboxylic acids is 1. The monoisotopic (exact) mass is 424 g/mol. The number of benzene rings is 2. The van der Waals surface area contributed by atoms with Gasteiger partial charge in [0.25, 0.3) is 5.91 Å². The predicted octanol–water partition coefficient (Wildman–Crippen LogP) is 3.48. The van der Waals surface area contributed by atoms with E-state index in [0.29, 0.717) is 12.1 Å². The van der Waals surface area contributed by atoms with Crippen LogP contribution in [0.5, 0.6) is 0 Å². The molecule has 2 N–H and O–H groups in total. The highest BCUT2D eigenvalue weighted by Gasteiger charge is 2.07. The number of aliphatic imine (C=N–C) groups is 1. The maximum Gasteiger partial charge on any atom is 0.253 e. The summed E-state index contributed by atoms with van der Waals surface area (Å²) in [6.45, 7) is 5.82. The summed E-state index contributed by atoms with van der Waals surface area (Å²) in [6.07, 6.45) is 3.00. The third kappa shape index (κ3) is 9.66. The maximum absolute atomic E-state index is 12.0. The third-order valence-electron chi connectivity index (χ3n) is 4.76. The summed E-state index contributed by atoms with van der Waals surface area (Å²) in [7, 11) is 3.51. The Labute approximate surface area is 186 Å². The number of guanidine groups is 1. The van der Waals surface area contributed by atoms with Crippen molar-refractivity contribution in [3.05, 3.63) is 71.3 Å². The first-order valence-corrected chi connectivity index (χ1v) is 11.0. The number of rotatable bonds is 12. The van der Waals surface area contributed by atoms with Crippen LogP contribution >= 0.6 is 0 Å². The molecule has 168 valence electrons. The zero-order valence-corrected chi connectivity index (χ0v) is 19.1. The van der Waals surface area contributed by atoms with Gasteiger partial charge in [0.05, 0.1) is 13.2 Å². The molecule has 0 aliphatic carbocycles. The van der Waals surface area contributed by atoms with Crippen molar-refractivity contribution in [1.82, 2.24) is 15.5 Å². The highest BCUT2D eigenvalue weighted by atomic mass is 16.5. The number of nitrogens with zero attached hydrogens (tertiary/aromatic N) is 2. The van der Waals surface area contributed by atoms with E-state index in [1.54, 1.807) is 19.0 Å². The molecule has 0 saturated heterocycles. The summed E-state index contributed by atoms with van der Waals surface area (Å²) in [4.78, 5) is 18.2. The van der Waals surface area contributed by atoms with Crippen LogP contribution in [0.1, 0.15) is 41.3 Å². The average Bonchev–Trinajstić information content (AvgIpc) is 2.79. The van der Waals surface area contributed by atoms with Gasteiger partial charge in [-0.3, -0.25) is 4.79 Å². The van der Waals surface area contributed by atoms with Gasteiger partial charge >= 0.3 is 0 Å². The molecular formula is C25H36N4O2. The Kier molecular flexibility index (Phi) is 11.2.